The zero-order valence-electron chi connectivity index (χ0n) is 17.2. The lowest BCUT2D eigenvalue weighted by Crippen LogP contribution is -2.48. The first-order valence-electron chi connectivity index (χ1n) is 10.6. The van der Waals surface area contributed by atoms with Crippen molar-refractivity contribution >= 4 is 17.7 Å². The number of hydrogen-bond acceptors (Lipinski definition) is 4. The van der Waals surface area contributed by atoms with Crippen LogP contribution in [0.5, 0.6) is 5.75 Å². The average molecular weight is 402 g/mol. The number of rotatable bonds is 8. The molecule has 2 heterocycles. The van der Waals surface area contributed by atoms with Gasteiger partial charge in [0.25, 0.3) is 0 Å². The minimum Gasteiger partial charge on any atom is -0.497 e. The summed E-state index contributed by atoms with van der Waals surface area (Å²) in [7, 11) is 1.61. The fourth-order valence-corrected chi connectivity index (χ4v) is 4.07. The first-order valence-corrected chi connectivity index (χ1v) is 10.6. The number of carbonyl (C=O) groups excluding carboxylic acids is 3. The zero-order valence-corrected chi connectivity index (χ0v) is 17.2. The van der Waals surface area contributed by atoms with Gasteiger partial charge in [-0.2, -0.15) is 0 Å². The predicted molar refractivity (Wildman–Crippen MR) is 109 cm³/mol. The molecule has 0 bridgehead atoms. The highest BCUT2D eigenvalue weighted by Crippen LogP contribution is 2.22. The lowest BCUT2D eigenvalue weighted by molar-refractivity contribution is -0.140. The molecule has 3 rings (SSSR count). The van der Waals surface area contributed by atoms with Gasteiger partial charge in [0, 0.05) is 39.0 Å². The Labute approximate surface area is 172 Å². The molecule has 0 aromatic heterocycles. The number of hydrogen-bond donors (Lipinski definition) is 1. The molecule has 2 fully saturated rings. The zero-order chi connectivity index (χ0) is 20.6. The summed E-state index contributed by atoms with van der Waals surface area (Å²) in [4.78, 5) is 40.8. The van der Waals surface area contributed by atoms with Gasteiger partial charge in [0.1, 0.15) is 11.8 Å². The van der Waals surface area contributed by atoms with Crippen LogP contribution in [0, 0.1) is 0 Å². The van der Waals surface area contributed by atoms with Gasteiger partial charge in [-0.05, 0) is 43.4 Å². The predicted octanol–water partition coefficient (Wildman–Crippen LogP) is 2.10. The van der Waals surface area contributed by atoms with Crippen molar-refractivity contribution in [3.8, 4) is 5.75 Å². The Bertz CT molecular complexity index is 737. The number of nitrogens with zero attached hydrogens (tertiary/aromatic N) is 2. The van der Waals surface area contributed by atoms with E-state index in [9.17, 15) is 14.4 Å². The molecule has 1 N–H and O–H groups in total. The Morgan fingerprint density at radius 1 is 1.17 bits per heavy atom. The van der Waals surface area contributed by atoms with Crippen molar-refractivity contribution in [3.63, 3.8) is 0 Å². The van der Waals surface area contributed by atoms with E-state index in [1.165, 1.54) is 0 Å². The fourth-order valence-electron chi connectivity index (χ4n) is 4.07. The third kappa shape index (κ3) is 5.71. The Kier molecular flexibility index (Phi) is 7.49. The van der Waals surface area contributed by atoms with E-state index in [4.69, 9.17) is 4.74 Å². The van der Waals surface area contributed by atoms with Gasteiger partial charge in [0.05, 0.1) is 7.11 Å². The molecule has 2 saturated heterocycles. The lowest BCUT2D eigenvalue weighted by atomic mass is 10.1. The van der Waals surface area contributed by atoms with Crippen LogP contribution in [-0.4, -0.2) is 60.3 Å². The van der Waals surface area contributed by atoms with Crippen LogP contribution in [0.2, 0.25) is 0 Å². The second kappa shape index (κ2) is 10.3. The summed E-state index contributed by atoms with van der Waals surface area (Å²) in [5.41, 5.74) is 0.949. The molecule has 1 aromatic carbocycles. The van der Waals surface area contributed by atoms with Gasteiger partial charge in [-0.25, -0.2) is 0 Å². The van der Waals surface area contributed by atoms with Crippen molar-refractivity contribution in [2.45, 2.75) is 57.5 Å². The van der Waals surface area contributed by atoms with Crippen LogP contribution < -0.4 is 10.1 Å². The maximum absolute atomic E-state index is 12.9. The van der Waals surface area contributed by atoms with Crippen molar-refractivity contribution in [3.05, 3.63) is 29.8 Å². The number of nitrogens with one attached hydrogen (secondary N) is 1. The third-order valence-corrected chi connectivity index (χ3v) is 5.68. The average Bonchev–Trinajstić information content (AvgIpc) is 3.05. The maximum Gasteiger partial charge on any atom is 0.242 e. The van der Waals surface area contributed by atoms with Crippen molar-refractivity contribution in [2.75, 3.05) is 26.7 Å². The topological polar surface area (TPSA) is 79.0 Å². The summed E-state index contributed by atoms with van der Waals surface area (Å²) in [6, 6.07) is 7.15. The molecular formula is C22H31N3O4. The number of ether oxygens (including phenoxy) is 1. The Hall–Kier alpha value is -2.57. The van der Waals surface area contributed by atoms with Gasteiger partial charge in [0.2, 0.25) is 17.7 Å². The molecule has 7 nitrogen and oxygen atoms in total. The standard InChI is InChI=1S/C22H31N3O4/c1-29-18-8-4-7-17(15-18)16-25-19(9-2-3-10-21(25)27)22(28)23-12-6-14-24-13-5-11-20(24)26/h4,7-8,15,19H,2-3,5-6,9-14,16H2,1H3,(H,23,28). The summed E-state index contributed by atoms with van der Waals surface area (Å²) in [5.74, 6) is 0.862. The largest absolute Gasteiger partial charge is 0.497 e. The molecule has 2 aliphatic heterocycles. The van der Waals surface area contributed by atoms with Gasteiger partial charge in [-0.15, -0.1) is 0 Å². The highest BCUT2D eigenvalue weighted by atomic mass is 16.5. The highest BCUT2D eigenvalue weighted by molar-refractivity contribution is 5.88. The van der Waals surface area contributed by atoms with Crippen molar-refractivity contribution in [1.82, 2.24) is 15.1 Å². The van der Waals surface area contributed by atoms with E-state index < -0.39 is 6.04 Å². The molecule has 1 atom stereocenters. The minimum absolute atomic E-state index is 0.0214. The first-order chi connectivity index (χ1) is 14.1. The molecular weight excluding hydrogens is 370 g/mol. The SMILES string of the molecule is COc1cccc(CN2C(=O)CCCCC2C(=O)NCCCN2CCCC2=O)c1. The van der Waals surface area contributed by atoms with E-state index in [0.29, 0.717) is 38.9 Å². The van der Waals surface area contributed by atoms with E-state index in [-0.39, 0.29) is 17.7 Å². The quantitative estimate of drug-likeness (QED) is 0.677. The van der Waals surface area contributed by atoms with Gasteiger partial charge in [-0.1, -0.05) is 18.6 Å². The molecule has 1 unspecified atom stereocenters. The lowest BCUT2D eigenvalue weighted by Gasteiger charge is -2.29. The third-order valence-electron chi connectivity index (χ3n) is 5.68. The Balaban J connectivity index is 1.58. The smallest absolute Gasteiger partial charge is 0.242 e. The van der Waals surface area contributed by atoms with E-state index in [0.717, 1.165) is 43.5 Å². The molecule has 0 aliphatic carbocycles. The molecule has 3 amide bonds. The van der Waals surface area contributed by atoms with Crippen molar-refractivity contribution in [2.24, 2.45) is 0 Å². The first kappa shape index (κ1) is 21.1. The Morgan fingerprint density at radius 3 is 2.76 bits per heavy atom. The highest BCUT2D eigenvalue weighted by Gasteiger charge is 2.31. The summed E-state index contributed by atoms with van der Waals surface area (Å²) in [6.45, 7) is 2.41. The summed E-state index contributed by atoms with van der Waals surface area (Å²) < 4.78 is 5.27. The van der Waals surface area contributed by atoms with E-state index in [2.05, 4.69) is 5.32 Å². The Morgan fingerprint density at radius 2 is 2.00 bits per heavy atom. The molecule has 2 aliphatic rings. The fraction of sp³-hybridized carbons (Fsp3) is 0.591. The van der Waals surface area contributed by atoms with Gasteiger partial charge in [-0.3, -0.25) is 14.4 Å². The number of likely N-dealkylation sites (tertiary alicyclic amines) is 2. The number of amides is 3. The molecule has 29 heavy (non-hydrogen) atoms. The molecule has 0 radical (unpaired) electrons. The number of benzene rings is 1. The summed E-state index contributed by atoms with van der Waals surface area (Å²) in [6.07, 6.45) is 5.12. The van der Waals surface area contributed by atoms with E-state index in [1.54, 1.807) is 12.0 Å². The van der Waals surface area contributed by atoms with Crippen LogP contribution >= 0.6 is 0 Å². The van der Waals surface area contributed by atoms with Gasteiger partial charge in [0.15, 0.2) is 0 Å². The van der Waals surface area contributed by atoms with Gasteiger partial charge < -0.3 is 19.9 Å². The monoisotopic (exact) mass is 401 g/mol. The molecule has 0 spiro atoms. The van der Waals surface area contributed by atoms with Crippen molar-refractivity contribution in [1.29, 1.82) is 0 Å². The van der Waals surface area contributed by atoms with Gasteiger partial charge >= 0.3 is 0 Å². The molecule has 7 heteroatoms. The summed E-state index contributed by atoms with van der Waals surface area (Å²) in [5, 5.41) is 2.98. The minimum atomic E-state index is -0.454. The van der Waals surface area contributed by atoms with Crippen LogP contribution in [-0.2, 0) is 20.9 Å². The second-order valence-corrected chi connectivity index (χ2v) is 7.76. The van der Waals surface area contributed by atoms with E-state index in [1.807, 2.05) is 29.2 Å². The normalized spacial score (nSPS) is 20.0. The van der Waals surface area contributed by atoms with Crippen LogP contribution in [0.3, 0.4) is 0 Å². The molecule has 0 saturated carbocycles. The summed E-state index contributed by atoms with van der Waals surface area (Å²) >= 11 is 0. The van der Waals surface area contributed by atoms with Crippen LogP contribution in [0.25, 0.3) is 0 Å². The van der Waals surface area contributed by atoms with E-state index >= 15 is 0 Å². The molecule has 1 aromatic rings. The van der Waals surface area contributed by atoms with Crippen LogP contribution in [0.1, 0.15) is 50.5 Å². The second-order valence-electron chi connectivity index (χ2n) is 7.76. The number of carbonyl (C=O) groups is 3. The maximum atomic E-state index is 12.9. The van der Waals surface area contributed by atoms with Crippen molar-refractivity contribution < 1.29 is 19.1 Å². The van der Waals surface area contributed by atoms with Crippen LogP contribution in [0.4, 0.5) is 0 Å². The number of methoxy groups -OCH3 is 1. The van der Waals surface area contributed by atoms with Crippen LogP contribution in [0.15, 0.2) is 24.3 Å². The molecule has 158 valence electrons.